The molecule has 0 aromatic heterocycles. The van der Waals surface area contributed by atoms with Crippen molar-refractivity contribution < 1.29 is 14.4 Å². The number of allylic oxidation sites excluding steroid dienone is 1. The molecule has 0 bridgehead atoms. The van der Waals surface area contributed by atoms with Gasteiger partial charge in [-0.1, -0.05) is 24.3 Å². The lowest BCUT2D eigenvalue weighted by atomic mass is 9.84. The van der Waals surface area contributed by atoms with Gasteiger partial charge in [0.05, 0.1) is 5.57 Å². The Kier molecular flexibility index (Phi) is 3.84. The van der Waals surface area contributed by atoms with Gasteiger partial charge in [0.15, 0.2) is 11.6 Å². The first-order valence-corrected chi connectivity index (χ1v) is 6.71. The summed E-state index contributed by atoms with van der Waals surface area (Å²) in [6.45, 7) is 6.26. The first-order chi connectivity index (χ1) is 9.52. The van der Waals surface area contributed by atoms with Crippen LogP contribution in [0.1, 0.15) is 41.5 Å². The standard InChI is InChI=1S/C16H17NO3/c1-4-17(5-2)16(20)13-10(3)14(18)11-8-6-7-9-12(11)15(13)19/h6-9H,4-5H2,1-3H3. The topological polar surface area (TPSA) is 54.5 Å². The van der Waals surface area contributed by atoms with E-state index >= 15 is 0 Å². The monoisotopic (exact) mass is 271 g/mol. The number of rotatable bonds is 3. The van der Waals surface area contributed by atoms with Crippen LogP contribution in [0.2, 0.25) is 0 Å². The Morgan fingerprint density at radius 3 is 2.00 bits per heavy atom. The molecule has 0 fully saturated rings. The van der Waals surface area contributed by atoms with Crippen LogP contribution in [0.25, 0.3) is 0 Å². The molecule has 1 aliphatic carbocycles. The van der Waals surface area contributed by atoms with Gasteiger partial charge in [0.2, 0.25) is 0 Å². The maximum Gasteiger partial charge on any atom is 0.258 e. The smallest absolute Gasteiger partial charge is 0.258 e. The molecule has 0 unspecified atom stereocenters. The van der Waals surface area contributed by atoms with Crippen LogP contribution in [0.3, 0.4) is 0 Å². The fourth-order valence-electron chi connectivity index (χ4n) is 2.43. The third-order valence-corrected chi connectivity index (χ3v) is 3.62. The van der Waals surface area contributed by atoms with E-state index in [9.17, 15) is 14.4 Å². The number of ketones is 2. The van der Waals surface area contributed by atoms with Crippen LogP contribution in [0.15, 0.2) is 35.4 Å². The Morgan fingerprint density at radius 1 is 1.00 bits per heavy atom. The third-order valence-electron chi connectivity index (χ3n) is 3.62. The Labute approximate surface area is 118 Å². The second-order valence-corrected chi connectivity index (χ2v) is 4.68. The first-order valence-electron chi connectivity index (χ1n) is 6.71. The predicted octanol–water partition coefficient (Wildman–Crippen LogP) is 2.25. The van der Waals surface area contributed by atoms with Crippen molar-refractivity contribution in [1.82, 2.24) is 4.90 Å². The van der Waals surface area contributed by atoms with Crippen molar-refractivity contribution in [3.8, 4) is 0 Å². The quantitative estimate of drug-likeness (QED) is 0.792. The summed E-state index contributed by atoms with van der Waals surface area (Å²) in [5.74, 6) is -0.953. The number of amides is 1. The molecule has 0 aliphatic heterocycles. The van der Waals surface area contributed by atoms with Gasteiger partial charge in [0, 0.05) is 29.8 Å². The fourth-order valence-corrected chi connectivity index (χ4v) is 2.43. The second-order valence-electron chi connectivity index (χ2n) is 4.68. The molecular weight excluding hydrogens is 254 g/mol. The molecule has 0 radical (unpaired) electrons. The lowest BCUT2D eigenvalue weighted by Gasteiger charge is -2.24. The average Bonchev–Trinajstić information content (AvgIpc) is 2.46. The summed E-state index contributed by atoms with van der Waals surface area (Å²) in [6.07, 6.45) is 0. The molecule has 0 heterocycles. The van der Waals surface area contributed by atoms with Gasteiger partial charge in [-0.25, -0.2) is 0 Å². The van der Waals surface area contributed by atoms with E-state index in [0.717, 1.165) is 0 Å². The molecule has 0 saturated heterocycles. The van der Waals surface area contributed by atoms with Crippen LogP contribution in [0.4, 0.5) is 0 Å². The van der Waals surface area contributed by atoms with Crippen LogP contribution in [0.5, 0.6) is 0 Å². The molecule has 20 heavy (non-hydrogen) atoms. The summed E-state index contributed by atoms with van der Waals surface area (Å²) in [5, 5.41) is 0. The minimum absolute atomic E-state index is 0.0115. The Morgan fingerprint density at radius 2 is 1.50 bits per heavy atom. The zero-order chi connectivity index (χ0) is 14.9. The lowest BCUT2D eigenvalue weighted by molar-refractivity contribution is -0.126. The predicted molar refractivity (Wildman–Crippen MR) is 75.7 cm³/mol. The Balaban J connectivity index is 2.55. The molecule has 0 N–H and O–H groups in total. The summed E-state index contributed by atoms with van der Waals surface area (Å²) < 4.78 is 0. The highest BCUT2D eigenvalue weighted by atomic mass is 16.2. The average molecular weight is 271 g/mol. The molecular formula is C16H17NO3. The molecule has 0 saturated carbocycles. The van der Waals surface area contributed by atoms with Crippen LogP contribution in [-0.2, 0) is 4.79 Å². The number of hydrogen-bond acceptors (Lipinski definition) is 3. The number of Topliss-reactive ketones (excluding diaryl/α,β-unsaturated/α-hetero) is 2. The normalized spacial score (nSPS) is 14.3. The number of nitrogens with zero attached hydrogens (tertiary/aromatic N) is 1. The maximum absolute atomic E-state index is 12.5. The maximum atomic E-state index is 12.5. The number of carbonyl (C=O) groups excluding carboxylic acids is 3. The minimum atomic E-state index is -0.361. The van der Waals surface area contributed by atoms with Crippen LogP contribution >= 0.6 is 0 Å². The third kappa shape index (κ3) is 2.07. The summed E-state index contributed by atoms with van der Waals surface area (Å²) in [4.78, 5) is 38.8. The van der Waals surface area contributed by atoms with Gasteiger partial charge in [-0.2, -0.15) is 0 Å². The van der Waals surface area contributed by atoms with E-state index < -0.39 is 0 Å². The molecule has 104 valence electrons. The van der Waals surface area contributed by atoms with E-state index in [1.165, 1.54) is 0 Å². The van der Waals surface area contributed by atoms with Gasteiger partial charge in [-0.05, 0) is 20.8 Å². The van der Waals surface area contributed by atoms with Gasteiger partial charge >= 0.3 is 0 Å². The molecule has 4 heteroatoms. The number of likely N-dealkylation sites (N-methyl/N-ethyl adjacent to an activating group) is 1. The number of benzene rings is 1. The molecule has 1 aromatic carbocycles. The van der Waals surface area contributed by atoms with Crippen molar-refractivity contribution in [2.24, 2.45) is 0 Å². The van der Waals surface area contributed by atoms with Crippen molar-refractivity contribution in [1.29, 1.82) is 0 Å². The summed E-state index contributed by atoms with van der Waals surface area (Å²) in [5.41, 5.74) is 0.952. The molecule has 1 aromatic rings. The van der Waals surface area contributed by atoms with Gasteiger partial charge < -0.3 is 4.90 Å². The SMILES string of the molecule is CCN(CC)C(=O)C1=C(C)C(=O)c2ccccc2C1=O. The molecule has 1 amide bonds. The van der Waals surface area contributed by atoms with Crippen molar-refractivity contribution in [3.63, 3.8) is 0 Å². The van der Waals surface area contributed by atoms with Crippen LogP contribution in [0, 0.1) is 0 Å². The van der Waals surface area contributed by atoms with Crippen molar-refractivity contribution in [2.45, 2.75) is 20.8 Å². The molecule has 0 atom stereocenters. The molecule has 0 spiro atoms. The van der Waals surface area contributed by atoms with Crippen molar-refractivity contribution >= 4 is 17.5 Å². The lowest BCUT2D eigenvalue weighted by Crippen LogP contribution is -2.37. The second kappa shape index (κ2) is 5.41. The van der Waals surface area contributed by atoms with Crippen molar-refractivity contribution in [3.05, 3.63) is 46.5 Å². The summed E-state index contributed by atoms with van der Waals surface area (Å²) in [7, 11) is 0. The van der Waals surface area contributed by atoms with E-state index in [1.807, 2.05) is 13.8 Å². The number of fused-ring (bicyclic) bond motifs is 1. The fraction of sp³-hybridized carbons (Fsp3) is 0.312. The van der Waals surface area contributed by atoms with E-state index in [4.69, 9.17) is 0 Å². The van der Waals surface area contributed by atoms with Crippen LogP contribution in [-0.4, -0.2) is 35.5 Å². The summed E-state index contributed by atoms with van der Waals surface area (Å²) in [6, 6.07) is 6.63. The van der Waals surface area contributed by atoms with Gasteiger partial charge in [0.1, 0.15) is 0 Å². The number of hydrogen-bond donors (Lipinski definition) is 0. The van der Waals surface area contributed by atoms with Crippen LogP contribution < -0.4 is 0 Å². The largest absolute Gasteiger partial charge is 0.339 e. The van der Waals surface area contributed by atoms with E-state index in [-0.39, 0.29) is 28.6 Å². The molecule has 2 rings (SSSR count). The Hall–Kier alpha value is -2.23. The van der Waals surface area contributed by atoms with Gasteiger partial charge in [0.25, 0.3) is 5.91 Å². The number of carbonyl (C=O) groups is 3. The first kappa shape index (κ1) is 14.2. The highest BCUT2D eigenvalue weighted by Gasteiger charge is 2.34. The highest BCUT2D eigenvalue weighted by molar-refractivity contribution is 6.36. The molecule has 1 aliphatic rings. The van der Waals surface area contributed by atoms with E-state index in [1.54, 1.807) is 36.1 Å². The zero-order valence-electron chi connectivity index (χ0n) is 11.9. The zero-order valence-corrected chi connectivity index (χ0v) is 11.9. The van der Waals surface area contributed by atoms with Crippen molar-refractivity contribution in [2.75, 3.05) is 13.1 Å². The highest BCUT2D eigenvalue weighted by Crippen LogP contribution is 2.27. The molecule has 4 nitrogen and oxygen atoms in total. The van der Waals surface area contributed by atoms with Gasteiger partial charge in [-0.15, -0.1) is 0 Å². The van der Waals surface area contributed by atoms with E-state index in [0.29, 0.717) is 24.2 Å². The minimum Gasteiger partial charge on any atom is -0.339 e. The van der Waals surface area contributed by atoms with E-state index in [2.05, 4.69) is 0 Å². The van der Waals surface area contributed by atoms with Gasteiger partial charge in [-0.3, -0.25) is 14.4 Å². The summed E-state index contributed by atoms with van der Waals surface area (Å²) >= 11 is 0. The Bertz CT molecular complexity index is 624.